The predicted molar refractivity (Wildman–Crippen MR) is 97.1 cm³/mol. The van der Waals surface area contributed by atoms with Gasteiger partial charge in [0.25, 0.3) is 5.91 Å². The number of methoxy groups -OCH3 is 2. The van der Waals surface area contributed by atoms with Gasteiger partial charge in [0.2, 0.25) is 0 Å². The molecule has 2 aromatic carbocycles. The number of oxazole rings is 1. The number of rotatable bonds is 6. The lowest BCUT2D eigenvalue weighted by Crippen LogP contribution is -2.30. The normalized spacial score (nSPS) is 11.7. The highest BCUT2D eigenvalue weighted by molar-refractivity contribution is 5.99. The van der Waals surface area contributed by atoms with Crippen molar-refractivity contribution in [2.45, 2.75) is 13.0 Å². The van der Waals surface area contributed by atoms with Crippen molar-refractivity contribution < 1.29 is 28.2 Å². The smallest absolute Gasteiger partial charge is 0.339 e. The van der Waals surface area contributed by atoms with Gasteiger partial charge in [0.1, 0.15) is 17.0 Å². The van der Waals surface area contributed by atoms with Gasteiger partial charge in [0, 0.05) is 6.07 Å². The zero-order chi connectivity index (χ0) is 19.4. The number of amides is 1. The highest BCUT2D eigenvalue weighted by atomic mass is 16.5. The Morgan fingerprint density at radius 1 is 1.11 bits per heavy atom. The molecule has 0 aliphatic rings. The van der Waals surface area contributed by atoms with Crippen LogP contribution in [0, 0.1) is 0 Å². The van der Waals surface area contributed by atoms with Crippen LogP contribution >= 0.6 is 0 Å². The van der Waals surface area contributed by atoms with E-state index < -0.39 is 18.0 Å². The fourth-order valence-electron chi connectivity index (χ4n) is 2.40. The average Bonchev–Trinajstić information content (AvgIpc) is 3.15. The molecule has 0 fully saturated rings. The second-order valence-corrected chi connectivity index (χ2v) is 5.64. The average molecular weight is 370 g/mol. The van der Waals surface area contributed by atoms with Crippen LogP contribution in [-0.2, 0) is 9.53 Å². The summed E-state index contributed by atoms with van der Waals surface area (Å²) in [6.45, 7) is 1.48. The van der Waals surface area contributed by atoms with Crippen LogP contribution in [0.15, 0.2) is 47.2 Å². The van der Waals surface area contributed by atoms with Crippen LogP contribution < -0.4 is 14.8 Å². The van der Waals surface area contributed by atoms with Crippen molar-refractivity contribution in [3.8, 4) is 11.5 Å². The molecular formula is C19H18N2O6. The molecule has 1 amide bonds. The Bertz CT molecular complexity index is 981. The number of carbonyl (C=O) groups excluding carboxylic acids is 2. The standard InChI is InChI=1S/C19H18N2O6/c1-11(18(22)21-15-7-5-13(24-2)9-16(15)25-3)27-19(23)12-4-6-14-17(8-12)26-10-20-14/h4-11H,1-3H3,(H,21,22). The number of benzene rings is 2. The molecule has 3 rings (SSSR count). The van der Waals surface area contributed by atoms with E-state index in [9.17, 15) is 9.59 Å². The minimum atomic E-state index is -1.02. The largest absolute Gasteiger partial charge is 0.497 e. The number of aromatic nitrogens is 1. The van der Waals surface area contributed by atoms with Gasteiger partial charge in [-0.2, -0.15) is 0 Å². The Labute approximate surface area is 155 Å². The maximum atomic E-state index is 12.4. The fourth-order valence-corrected chi connectivity index (χ4v) is 2.40. The van der Waals surface area contributed by atoms with E-state index in [0.29, 0.717) is 28.3 Å². The van der Waals surface area contributed by atoms with Crippen LogP contribution in [0.1, 0.15) is 17.3 Å². The molecule has 140 valence electrons. The van der Waals surface area contributed by atoms with Crippen molar-refractivity contribution in [2.75, 3.05) is 19.5 Å². The lowest BCUT2D eigenvalue weighted by Gasteiger charge is -2.15. The van der Waals surface area contributed by atoms with Gasteiger partial charge in [-0.05, 0) is 37.3 Å². The summed E-state index contributed by atoms with van der Waals surface area (Å²) in [7, 11) is 3.01. The highest BCUT2D eigenvalue weighted by Crippen LogP contribution is 2.29. The Hall–Kier alpha value is -3.55. The summed E-state index contributed by atoms with van der Waals surface area (Å²) >= 11 is 0. The summed E-state index contributed by atoms with van der Waals surface area (Å²) < 4.78 is 20.7. The first-order chi connectivity index (χ1) is 13.0. The maximum absolute atomic E-state index is 12.4. The number of esters is 1. The molecule has 1 heterocycles. The molecule has 1 N–H and O–H groups in total. The Morgan fingerprint density at radius 3 is 2.67 bits per heavy atom. The molecule has 1 unspecified atom stereocenters. The molecule has 0 saturated heterocycles. The van der Waals surface area contributed by atoms with Gasteiger partial charge in [-0.15, -0.1) is 0 Å². The topological polar surface area (TPSA) is 99.9 Å². The van der Waals surface area contributed by atoms with E-state index in [2.05, 4.69) is 10.3 Å². The van der Waals surface area contributed by atoms with E-state index in [0.717, 1.165) is 0 Å². The SMILES string of the molecule is COc1ccc(NC(=O)C(C)OC(=O)c2ccc3ncoc3c2)c(OC)c1. The third-order valence-electron chi connectivity index (χ3n) is 3.89. The number of nitrogens with one attached hydrogen (secondary N) is 1. The minimum Gasteiger partial charge on any atom is -0.497 e. The van der Waals surface area contributed by atoms with Gasteiger partial charge in [-0.25, -0.2) is 9.78 Å². The van der Waals surface area contributed by atoms with Crippen LogP contribution in [0.5, 0.6) is 11.5 Å². The molecule has 0 aliphatic carbocycles. The van der Waals surface area contributed by atoms with Crippen LogP contribution in [0.3, 0.4) is 0 Å². The van der Waals surface area contributed by atoms with E-state index in [1.165, 1.54) is 33.6 Å². The monoisotopic (exact) mass is 370 g/mol. The molecule has 0 aliphatic heterocycles. The first kappa shape index (κ1) is 18.2. The molecule has 1 aromatic heterocycles. The third-order valence-corrected chi connectivity index (χ3v) is 3.89. The molecule has 27 heavy (non-hydrogen) atoms. The molecule has 8 heteroatoms. The number of carbonyl (C=O) groups is 2. The number of ether oxygens (including phenoxy) is 3. The molecule has 8 nitrogen and oxygen atoms in total. The predicted octanol–water partition coefficient (Wildman–Crippen LogP) is 3.03. The van der Waals surface area contributed by atoms with Crippen molar-refractivity contribution in [3.63, 3.8) is 0 Å². The van der Waals surface area contributed by atoms with Crippen LogP contribution in [-0.4, -0.2) is 37.2 Å². The number of anilines is 1. The van der Waals surface area contributed by atoms with Gasteiger partial charge in [-0.1, -0.05) is 0 Å². The number of hydrogen-bond donors (Lipinski definition) is 1. The second kappa shape index (κ2) is 7.77. The zero-order valence-electron chi connectivity index (χ0n) is 15.0. The Balaban J connectivity index is 1.67. The molecule has 0 bridgehead atoms. The van der Waals surface area contributed by atoms with Gasteiger partial charge >= 0.3 is 5.97 Å². The quantitative estimate of drug-likeness (QED) is 0.666. The maximum Gasteiger partial charge on any atom is 0.339 e. The molecule has 0 saturated carbocycles. The van der Waals surface area contributed by atoms with Crippen molar-refractivity contribution in [3.05, 3.63) is 48.4 Å². The van der Waals surface area contributed by atoms with Gasteiger partial charge in [0.15, 0.2) is 18.1 Å². The summed E-state index contributed by atoms with van der Waals surface area (Å²) in [5.74, 6) is -0.116. The minimum absolute atomic E-state index is 0.265. The van der Waals surface area contributed by atoms with Crippen LogP contribution in [0.4, 0.5) is 5.69 Å². The van der Waals surface area contributed by atoms with Crippen molar-refractivity contribution >= 4 is 28.7 Å². The van der Waals surface area contributed by atoms with Crippen molar-refractivity contribution in [1.82, 2.24) is 4.98 Å². The second-order valence-electron chi connectivity index (χ2n) is 5.64. The Kier molecular flexibility index (Phi) is 5.25. The summed E-state index contributed by atoms with van der Waals surface area (Å²) in [6.07, 6.45) is 0.271. The van der Waals surface area contributed by atoms with Crippen LogP contribution in [0.25, 0.3) is 11.1 Å². The summed E-state index contributed by atoms with van der Waals surface area (Å²) in [5, 5.41) is 2.67. The summed E-state index contributed by atoms with van der Waals surface area (Å²) in [4.78, 5) is 28.6. The van der Waals surface area contributed by atoms with E-state index in [1.54, 1.807) is 30.3 Å². The Morgan fingerprint density at radius 2 is 1.93 bits per heavy atom. The van der Waals surface area contributed by atoms with E-state index in [-0.39, 0.29) is 5.56 Å². The van der Waals surface area contributed by atoms with Crippen LogP contribution in [0.2, 0.25) is 0 Å². The number of nitrogens with zero attached hydrogens (tertiary/aromatic N) is 1. The van der Waals surface area contributed by atoms with Gasteiger partial charge < -0.3 is 23.9 Å². The van der Waals surface area contributed by atoms with Gasteiger partial charge in [-0.3, -0.25) is 4.79 Å². The van der Waals surface area contributed by atoms with E-state index in [1.807, 2.05) is 0 Å². The highest BCUT2D eigenvalue weighted by Gasteiger charge is 2.21. The van der Waals surface area contributed by atoms with Gasteiger partial charge in [0.05, 0.1) is 25.5 Å². The van der Waals surface area contributed by atoms with Crippen molar-refractivity contribution in [2.24, 2.45) is 0 Å². The molecule has 0 spiro atoms. The first-order valence-electron chi connectivity index (χ1n) is 8.09. The lowest BCUT2D eigenvalue weighted by molar-refractivity contribution is -0.123. The molecule has 1 atom stereocenters. The summed E-state index contributed by atoms with van der Waals surface area (Å²) in [5.41, 5.74) is 1.80. The molecular weight excluding hydrogens is 352 g/mol. The van der Waals surface area contributed by atoms with E-state index >= 15 is 0 Å². The molecule has 0 radical (unpaired) electrons. The zero-order valence-corrected chi connectivity index (χ0v) is 15.0. The number of fused-ring (bicyclic) bond motifs is 1. The fraction of sp³-hybridized carbons (Fsp3) is 0.211. The third kappa shape index (κ3) is 4.00. The van der Waals surface area contributed by atoms with E-state index in [4.69, 9.17) is 18.6 Å². The van der Waals surface area contributed by atoms with Crippen molar-refractivity contribution in [1.29, 1.82) is 0 Å². The molecule has 3 aromatic rings. The number of hydrogen-bond acceptors (Lipinski definition) is 7. The first-order valence-corrected chi connectivity index (χ1v) is 8.09. The lowest BCUT2D eigenvalue weighted by atomic mass is 10.2. The summed E-state index contributed by atoms with van der Waals surface area (Å²) in [6, 6.07) is 9.68.